The Hall–Kier alpha value is -2.11. The molecule has 2 heterocycles. The van der Waals surface area contributed by atoms with Crippen molar-refractivity contribution in [3.8, 4) is 0 Å². The lowest BCUT2D eigenvalue weighted by atomic mass is 10.1. The molecule has 0 amide bonds. The molecule has 0 saturated carbocycles. The van der Waals surface area contributed by atoms with Crippen molar-refractivity contribution >= 4 is 20.9 Å². The molecule has 0 radical (unpaired) electrons. The van der Waals surface area contributed by atoms with Gasteiger partial charge in [-0.25, -0.2) is 8.42 Å². The fraction of sp³-hybridized carbons (Fsp3) is 0.300. The van der Waals surface area contributed by atoms with Crippen LogP contribution in [0.5, 0.6) is 0 Å². The number of hydrogen-bond acceptors (Lipinski definition) is 2. The average Bonchev–Trinajstić information content (AvgIpc) is 2.94. The average molecular weight is 354 g/mol. The third-order valence-corrected chi connectivity index (χ3v) is 7.11. The van der Waals surface area contributed by atoms with Gasteiger partial charge in [0.25, 0.3) is 0 Å². The molecule has 0 spiro atoms. The Bertz CT molecular complexity index is 1030. The minimum Gasteiger partial charge on any atom is -0.346 e. The molecule has 0 fully saturated rings. The SMILES string of the molecule is CCc1ccc(S(=O)(=O)N2CCc3c(n(C)c4ccccc34)C2)cc1. The highest BCUT2D eigenvalue weighted by atomic mass is 32.2. The minimum atomic E-state index is -3.46. The van der Waals surface area contributed by atoms with Gasteiger partial charge in [0.15, 0.2) is 0 Å². The second kappa shape index (κ2) is 6.00. The van der Waals surface area contributed by atoms with Crippen LogP contribution in [0.25, 0.3) is 10.9 Å². The van der Waals surface area contributed by atoms with E-state index in [4.69, 9.17) is 0 Å². The molecular weight excluding hydrogens is 332 g/mol. The maximum absolute atomic E-state index is 13.0. The van der Waals surface area contributed by atoms with Crippen molar-refractivity contribution in [2.24, 2.45) is 7.05 Å². The minimum absolute atomic E-state index is 0.381. The molecule has 1 aromatic heterocycles. The van der Waals surface area contributed by atoms with E-state index in [0.29, 0.717) is 18.0 Å². The molecule has 0 aliphatic carbocycles. The third-order valence-electron chi connectivity index (χ3n) is 5.25. The normalized spacial score (nSPS) is 15.4. The number of nitrogens with zero attached hydrogens (tertiary/aromatic N) is 2. The molecule has 0 N–H and O–H groups in total. The van der Waals surface area contributed by atoms with Crippen molar-refractivity contribution < 1.29 is 8.42 Å². The molecule has 5 heteroatoms. The van der Waals surface area contributed by atoms with Crippen LogP contribution in [0, 0.1) is 0 Å². The number of benzene rings is 2. The maximum Gasteiger partial charge on any atom is 0.243 e. The van der Waals surface area contributed by atoms with Crippen LogP contribution in [0.15, 0.2) is 53.4 Å². The summed E-state index contributed by atoms with van der Waals surface area (Å²) in [5.41, 5.74) is 4.69. The fourth-order valence-corrected chi connectivity index (χ4v) is 5.14. The lowest BCUT2D eigenvalue weighted by Gasteiger charge is -2.27. The van der Waals surface area contributed by atoms with E-state index in [0.717, 1.165) is 24.1 Å². The largest absolute Gasteiger partial charge is 0.346 e. The number of sulfonamides is 1. The van der Waals surface area contributed by atoms with Gasteiger partial charge in [-0.2, -0.15) is 4.31 Å². The molecule has 2 aromatic carbocycles. The van der Waals surface area contributed by atoms with E-state index in [2.05, 4.69) is 23.6 Å². The van der Waals surface area contributed by atoms with Gasteiger partial charge in [-0.15, -0.1) is 0 Å². The Kier molecular flexibility index (Phi) is 3.93. The number of aryl methyl sites for hydroxylation is 2. The van der Waals surface area contributed by atoms with Crippen molar-refractivity contribution in [1.29, 1.82) is 0 Å². The Morgan fingerprint density at radius 1 is 1.04 bits per heavy atom. The molecular formula is C20H22N2O2S. The molecule has 130 valence electrons. The summed E-state index contributed by atoms with van der Waals surface area (Å²) in [5.74, 6) is 0. The van der Waals surface area contributed by atoms with Gasteiger partial charge in [0, 0.05) is 30.2 Å². The zero-order valence-electron chi connectivity index (χ0n) is 14.6. The Morgan fingerprint density at radius 3 is 2.48 bits per heavy atom. The Morgan fingerprint density at radius 2 is 1.76 bits per heavy atom. The zero-order valence-corrected chi connectivity index (χ0v) is 15.4. The number of rotatable bonds is 3. The fourth-order valence-electron chi connectivity index (χ4n) is 3.74. The van der Waals surface area contributed by atoms with Crippen LogP contribution in [0.3, 0.4) is 0 Å². The molecule has 0 saturated heterocycles. The van der Waals surface area contributed by atoms with Crippen LogP contribution in [0.4, 0.5) is 0 Å². The van der Waals surface area contributed by atoms with Gasteiger partial charge in [-0.05, 0) is 42.2 Å². The first-order valence-corrected chi connectivity index (χ1v) is 10.1. The van der Waals surface area contributed by atoms with E-state index < -0.39 is 10.0 Å². The van der Waals surface area contributed by atoms with Crippen LogP contribution < -0.4 is 0 Å². The van der Waals surface area contributed by atoms with Gasteiger partial charge in [-0.3, -0.25) is 0 Å². The van der Waals surface area contributed by atoms with E-state index in [1.165, 1.54) is 16.5 Å². The number of para-hydroxylation sites is 1. The number of hydrogen-bond donors (Lipinski definition) is 0. The quantitative estimate of drug-likeness (QED) is 0.722. The van der Waals surface area contributed by atoms with Gasteiger partial charge < -0.3 is 4.57 Å². The molecule has 3 aromatic rings. The van der Waals surface area contributed by atoms with E-state index in [-0.39, 0.29) is 0 Å². The molecule has 4 rings (SSSR count). The first-order valence-electron chi connectivity index (χ1n) is 8.66. The zero-order chi connectivity index (χ0) is 17.6. The molecule has 0 unspecified atom stereocenters. The highest BCUT2D eigenvalue weighted by Gasteiger charge is 2.31. The molecule has 1 aliphatic rings. The molecule has 25 heavy (non-hydrogen) atoms. The second-order valence-corrected chi connectivity index (χ2v) is 8.53. The van der Waals surface area contributed by atoms with E-state index in [9.17, 15) is 8.42 Å². The van der Waals surface area contributed by atoms with Gasteiger partial charge in [-0.1, -0.05) is 37.3 Å². The Balaban J connectivity index is 1.72. The predicted octanol–water partition coefficient (Wildman–Crippen LogP) is 3.49. The number of fused-ring (bicyclic) bond motifs is 3. The molecule has 0 bridgehead atoms. The van der Waals surface area contributed by atoms with Crippen molar-refractivity contribution in [1.82, 2.24) is 8.87 Å². The topological polar surface area (TPSA) is 42.3 Å². The van der Waals surface area contributed by atoms with Crippen molar-refractivity contribution in [2.45, 2.75) is 31.2 Å². The van der Waals surface area contributed by atoms with E-state index >= 15 is 0 Å². The van der Waals surface area contributed by atoms with Crippen molar-refractivity contribution in [3.05, 3.63) is 65.4 Å². The van der Waals surface area contributed by atoms with Crippen LogP contribution in [0.2, 0.25) is 0 Å². The summed E-state index contributed by atoms with van der Waals surface area (Å²) in [7, 11) is -1.44. The summed E-state index contributed by atoms with van der Waals surface area (Å²) in [4.78, 5) is 0.381. The smallest absolute Gasteiger partial charge is 0.243 e. The van der Waals surface area contributed by atoms with Crippen LogP contribution in [-0.2, 0) is 36.5 Å². The highest BCUT2D eigenvalue weighted by molar-refractivity contribution is 7.89. The van der Waals surface area contributed by atoms with Crippen LogP contribution in [-0.4, -0.2) is 23.8 Å². The van der Waals surface area contributed by atoms with Gasteiger partial charge >= 0.3 is 0 Å². The molecule has 4 nitrogen and oxygen atoms in total. The summed E-state index contributed by atoms with van der Waals surface area (Å²) in [6.45, 7) is 3.02. The predicted molar refractivity (Wildman–Crippen MR) is 100 cm³/mol. The van der Waals surface area contributed by atoms with E-state index in [1.807, 2.05) is 31.3 Å². The van der Waals surface area contributed by atoms with Gasteiger partial charge in [0.2, 0.25) is 10.0 Å². The second-order valence-electron chi connectivity index (χ2n) is 6.59. The monoisotopic (exact) mass is 354 g/mol. The summed E-state index contributed by atoms with van der Waals surface area (Å²) in [6.07, 6.45) is 1.66. The van der Waals surface area contributed by atoms with Crippen LogP contribution >= 0.6 is 0 Å². The molecule has 1 aliphatic heterocycles. The summed E-state index contributed by atoms with van der Waals surface area (Å²) in [5, 5.41) is 1.24. The standard InChI is InChI=1S/C20H22N2O2S/c1-3-15-8-10-16(11-9-15)25(23,24)22-13-12-18-17-6-4-5-7-19(17)21(2)20(18)14-22/h4-11H,3,12-14H2,1-2H3. The van der Waals surface area contributed by atoms with Gasteiger partial charge in [0.1, 0.15) is 0 Å². The number of aromatic nitrogens is 1. The van der Waals surface area contributed by atoms with Crippen LogP contribution in [0.1, 0.15) is 23.7 Å². The summed E-state index contributed by atoms with van der Waals surface area (Å²) in [6, 6.07) is 15.5. The van der Waals surface area contributed by atoms with E-state index in [1.54, 1.807) is 16.4 Å². The summed E-state index contributed by atoms with van der Waals surface area (Å²) < 4.78 is 29.8. The van der Waals surface area contributed by atoms with Crippen molar-refractivity contribution in [3.63, 3.8) is 0 Å². The lowest BCUT2D eigenvalue weighted by Crippen LogP contribution is -2.36. The third kappa shape index (κ3) is 2.58. The van der Waals surface area contributed by atoms with Gasteiger partial charge in [0.05, 0.1) is 11.4 Å². The summed E-state index contributed by atoms with van der Waals surface area (Å²) >= 11 is 0. The van der Waals surface area contributed by atoms with Crippen molar-refractivity contribution in [2.75, 3.05) is 6.54 Å². The Labute approximate surface area is 148 Å². The first kappa shape index (κ1) is 16.4. The lowest BCUT2D eigenvalue weighted by molar-refractivity contribution is 0.383. The highest BCUT2D eigenvalue weighted by Crippen LogP contribution is 2.32. The first-order chi connectivity index (χ1) is 12.0. The maximum atomic E-state index is 13.0. The molecule has 0 atom stereocenters.